The van der Waals surface area contributed by atoms with Crippen molar-refractivity contribution in [2.24, 2.45) is 0 Å². The largest absolute Gasteiger partial charge is 0.494 e. The van der Waals surface area contributed by atoms with Crippen molar-refractivity contribution < 1.29 is 19.1 Å². The molecule has 5 nitrogen and oxygen atoms in total. The Kier molecular flexibility index (Phi) is 6.10. The minimum absolute atomic E-state index is 0.150. The first-order chi connectivity index (χ1) is 9.40. The second kappa shape index (κ2) is 7.36. The Morgan fingerprint density at radius 3 is 2.30 bits per heavy atom. The molecule has 0 aliphatic heterocycles. The molecule has 0 radical (unpaired) electrons. The molecule has 20 heavy (non-hydrogen) atoms. The first-order valence-electron chi connectivity index (χ1n) is 5.92. The zero-order chi connectivity index (χ0) is 15.3. The molecule has 0 aromatic heterocycles. The minimum Gasteiger partial charge on any atom is -0.494 e. The fourth-order valence-electron chi connectivity index (χ4n) is 1.47. The van der Waals surface area contributed by atoms with E-state index >= 15 is 0 Å². The van der Waals surface area contributed by atoms with Gasteiger partial charge in [-0.2, -0.15) is 0 Å². The van der Waals surface area contributed by atoms with Crippen molar-refractivity contribution in [3.63, 3.8) is 0 Å². The summed E-state index contributed by atoms with van der Waals surface area (Å²) in [5, 5.41) is 2.94. The summed E-state index contributed by atoms with van der Waals surface area (Å²) >= 11 is 11.9. The fraction of sp³-hybridized carbons (Fsp3) is 0.385. The second-order valence-electron chi connectivity index (χ2n) is 3.92. The number of hydrogen-bond acceptors (Lipinski definition) is 4. The van der Waals surface area contributed by atoms with E-state index in [2.05, 4.69) is 5.32 Å². The number of halogens is 2. The number of carbonyl (C=O) groups is 2. The van der Waals surface area contributed by atoms with E-state index in [1.54, 1.807) is 6.92 Å². The molecular formula is C13H15Cl2NO4. The normalized spacial score (nSPS) is 11.7. The lowest BCUT2D eigenvalue weighted by Gasteiger charge is -2.13. The van der Waals surface area contributed by atoms with Crippen LogP contribution in [0.1, 0.15) is 24.2 Å². The number of nitrogens with one attached hydrogen (secondary N) is 1. The average molecular weight is 320 g/mol. The third kappa shape index (κ3) is 4.02. The molecule has 1 rings (SSSR count). The highest BCUT2D eigenvalue weighted by molar-refractivity contribution is 6.37. The van der Waals surface area contributed by atoms with Crippen LogP contribution in [0.25, 0.3) is 0 Å². The van der Waals surface area contributed by atoms with Crippen molar-refractivity contribution in [1.82, 2.24) is 5.32 Å². The number of benzene rings is 1. The standard InChI is InChI=1S/C13H15Cl2NO4/c1-4-16-12(17)7(2)20-13(18)8-5-9(14)11(19-3)10(15)6-8/h5-7H,4H2,1-3H3,(H,16,17)/t7-/m1/s1. The van der Waals surface area contributed by atoms with Crippen LogP contribution >= 0.6 is 23.2 Å². The molecule has 1 atom stereocenters. The molecular weight excluding hydrogens is 305 g/mol. The maximum Gasteiger partial charge on any atom is 0.339 e. The monoisotopic (exact) mass is 319 g/mol. The Labute approximate surface area is 127 Å². The number of rotatable bonds is 5. The van der Waals surface area contributed by atoms with Gasteiger partial charge in [0, 0.05) is 6.54 Å². The molecule has 0 unspecified atom stereocenters. The van der Waals surface area contributed by atoms with Gasteiger partial charge < -0.3 is 14.8 Å². The number of esters is 1. The summed E-state index contributed by atoms with van der Waals surface area (Å²) < 4.78 is 10.0. The number of ether oxygens (including phenoxy) is 2. The molecule has 0 bridgehead atoms. The third-order valence-corrected chi connectivity index (χ3v) is 3.00. The lowest BCUT2D eigenvalue weighted by atomic mass is 10.2. The summed E-state index contributed by atoms with van der Waals surface area (Å²) in [7, 11) is 1.42. The van der Waals surface area contributed by atoms with Gasteiger partial charge in [0.25, 0.3) is 5.91 Å². The molecule has 110 valence electrons. The maximum absolute atomic E-state index is 11.9. The van der Waals surface area contributed by atoms with Crippen molar-refractivity contribution >= 4 is 35.1 Å². The van der Waals surface area contributed by atoms with E-state index < -0.39 is 12.1 Å². The van der Waals surface area contributed by atoms with Crippen LogP contribution < -0.4 is 10.1 Å². The number of amides is 1. The van der Waals surface area contributed by atoms with Crippen molar-refractivity contribution in [1.29, 1.82) is 0 Å². The van der Waals surface area contributed by atoms with E-state index in [1.807, 2.05) is 0 Å². The number of likely N-dealkylation sites (N-methyl/N-ethyl adjacent to an activating group) is 1. The quantitative estimate of drug-likeness (QED) is 0.847. The van der Waals surface area contributed by atoms with E-state index in [4.69, 9.17) is 32.7 Å². The van der Waals surface area contributed by atoms with Gasteiger partial charge in [0.15, 0.2) is 11.9 Å². The average Bonchev–Trinajstić information content (AvgIpc) is 2.38. The van der Waals surface area contributed by atoms with Crippen molar-refractivity contribution in [3.8, 4) is 5.75 Å². The SMILES string of the molecule is CCNC(=O)[C@@H](C)OC(=O)c1cc(Cl)c(OC)c(Cl)c1. The van der Waals surface area contributed by atoms with E-state index in [0.29, 0.717) is 6.54 Å². The zero-order valence-electron chi connectivity index (χ0n) is 11.3. The first kappa shape index (κ1) is 16.6. The maximum atomic E-state index is 11.9. The van der Waals surface area contributed by atoms with Gasteiger partial charge in [-0.1, -0.05) is 23.2 Å². The first-order valence-corrected chi connectivity index (χ1v) is 6.68. The summed E-state index contributed by atoms with van der Waals surface area (Å²) in [5.41, 5.74) is 0.150. The van der Waals surface area contributed by atoms with Gasteiger partial charge in [0.1, 0.15) is 0 Å². The summed E-state index contributed by atoms with van der Waals surface area (Å²) in [6.45, 7) is 3.71. The van der Waals surface area contributed by atoms with Crippen LogP contribution in [0.4, 0.5) is 0 Å². The van der Waals surface area contributed by atoms with E-state index in [1.165, 1.54) is 26.2 Å². The topological polar surface area (TPSA) is 64.6 Å². The zero-order valence-corrected chi connectivity index (χ0v) is 12.8. The third-order valence-electron chi connectivity index (χ3n) is 2.44. The van der Waals surface area contributed by atoms with E-state index in [9.17, 15) is 9.59 Å². The highest BCUT2D eigenvalue weighted by Crippen LogP contribution is 2.34. The Bertz CT molecular complexity index is 496. The molecule has 0 aliphatic carbocycles. The minimum atomic E-state index is -0.901. The molecule has 1 aromatic rings. The summed E-state index contributed by atoms with van der Waals surface area (Å²) in [5.74, 6) is -0.775. The molecule has 7 heteroatoms. The van der Waals surface area contributed by atoms with Crippen LogP contribution in [0.3, 0.4) is 0 Å². The number of hydrogen-bond donors (Lipinski definition) is 1. The Hall–Kier alpha value is -1.46. The molecule has 0 aliphatic rings. The van der Waals surface area contributed by atoms with Gasteiger partial charge in [-0.15, -0.1) is 0 Å². The number of methoxy groups -OCH3 is 1. The summed E-state index contributed by atoms with van der Waals surface area (Å²) in [6, 6.07) is 2.75. The van der Waals surface area contributed by atoms with Crippen molar-refractivity contribution in [2.45, 2.75) is 20.0 Å². The van der Waals surface area contributed by atoms with Gasteiger partial charge >= 0.3 is 5.97 Å². The van der Waals surface area contributed by atoms with Gasteiger partial charge in [-0.3, -0.25) is 4.79 Å². The lowest BCUT2D eigenvalue weighted by Crippen LogP contribution is -2.35. The summed E-state index contributed by atoms with van der Waals surface area (Å²) in [4.78, 5) is 23.4. The smallest absolute Gasteiger partial charge is 0.339 e. The molecule has 1 amide bonds. The Morgan fingerprint density at radius 2 is 1.85 bits per heavy atom. The molecule has 1 aromatic carbocycles. The molecule has 0 saturated carbocycles. The van der Waals surface area contributed by atoms with Crippen molar-refractivity contribution in [2.75, 3.05) is 13.7 Å². The van der Waals surface area contributed by atoms with Crippen LogP contribution in [0, 0.1) is 0 Å². The van der Waals surface area contributed by atoms with Crippen LogP contribution in [0.2, 0.25) is 10.0 Å². The summed E-state index contributed by atoms with van der Waals surface area (Å²) in [6.07, 6.45) is -0.901. The highest BCUT2D eigenvalue weighted by Gasteiger charge is 2.20. The van der Waals surface area contributed by atoms with Crippen LogP contribution in [0.15, 0.2) is 12.1 Å². The van der Waals surface area contributed by atoms with Gasteiger partial charge in [0.05, 0.1) is 22.7 Å². The fourth-order valence-corrected chi connectivity index (χ4v) is 2.11. The van der Waals surface area contributed by atoms with Gasteiger partial charge in [0.2, 0.25) is 0 Å². The lowest BCUT2D eigenvalue weighted by molar-refractivity contribution is -0.128. The molecule has 0 fully saturated rings. The second-order valence-corrected chi connectivity index (χ2v) is 4.73. The van der Waals surface area contributed by atoms with Crippen LogP contribution in [0.5, 0.6) is 5.75 Å². The van der Waals surface area contributed by atoms with E-state index in [-0.39, 0.29) is 27.3 Å². The predicted octanol–water partition coefficient (Wildman–Crippen LogP) is 2.68. The Balaban J connectivity index is 2.86. The van der Waals surface area contributed by atoms with Crippen molar-refractivity contribution in [3.05, 3.63) is 27.7 Å². The molecule has 0 spiro atoms. The highest BCUT2D eigenvalue weighted by atomic mass is 35.5. The van der Waals surface area contributed by atoms with E-state index in [0.717, 1.165) is 0 Å². The predicted molar refractivity (Wildman–Crippen MR) is 76.6 cm³/mol. The number of carbonyl (C=O) groups excluding carboxylic acids is 2. The van der Waals surface area contributed by atoms with Gasteiger partial charge in [-0.05, 0) is 26.0 Å². The molecule has 0 saturated heterocycles. The van der Waals surface area contributed by atoms with Crippen LogP contribution in [-0.4, -0.2) is 31.6 Å². The molecule has 0 heterocycles. The Morgan fingerprint density at radius 1 is 1.30 bits per heavy atom. The van der Waals surface area contributed by atoms with Gasteiger partial charge in [-0.25, -0.2) is 4.79 Å². The van der Waals surface area contributed by atoms with Crippen LogP contribution in [-0.2, 0) is 9.53 Å². The molecule has 1 N–H and O–H groups in total.